The molecule has 1 aliphatic heterocycles. The average molecular weight is 497 g/mol. The molecule has 0 bridgehead atoms. The highest BCUT2D eigenvalue weighted by Gasteiger charge is 2.47. The summed E-state index contributed by atoms with van der Waals surface area (Å²) in [5.74, 6) is -1.48. The Kier molecular flexibility index (Phi) is 6.32. The first-order valence-corrected chi connectivity index (χ1v) is 12.3. The number of hydrogen-bond acceptors (Lipinski definition) is 5. The van der Waals surface area contributed by atoms with Gasteiger partial charge in [-0.1, -0.05) is 25.0 Å². The molecule has 2 aliphatic rings. The van der Waals surface area contributed by atoms with Crippen LogP contribution in [0.4, 0.5) is 18.9 Å². The van der Waals surface area contributed by atoms with E-state index in [-0.39, 0.29) is 40.8 Å². The Hall–Kier alpha value is -3.08. The molecule has 2 aromatic carbocycles. The Morgan fingerprint density at radius 2 is 1.59 bits per heavy atom. The summed E-state index contributed by atoms with van der Waals surface area (Å²) in [5, 5.41) is 0. The molecule has 4 rings (SSSR count). The number of halogens is 3. The number of nitrogens with zero attached hydrogens (tertiary/aromatic N) is 1. The smallest absolute Gasteiger partial charge is 0.406 e. The minimum Gasteiger partial charge on any atom is -0.406 e. The van der Waals surface area contributed by atoms with E-state index in [0.717, 1.165) is 37.1 Å². The molecule has 182 valence electrons. The van der Waals surface area contributed by atoms with E-state index in [1.165, 1.54) is 11.0 Å². The first kappa shape index (κ1) is 24.1. The zero-order valence-corrected chi connectivity index (χ0v) is 19.1. The molecule has 2 fully saturated rings. The number of alkyl halides is 3. The predicted octanol–water partition coefficient (Wildman–Crippen LogP) is 4.37. The van der Waals surface area contributed by atoms with E-state index in [1.807, 2.05) is 0 Å². The normalized spacial score (nSPS) is 20.9. The van der Waals surface area contributed by atoms with Crippen LogP contribution in [-0.4, -0.2) is 31.5 Å². The Morgan fingerprint density at radius 3 is 2.15 bits per heavy atom. The van der Waals surface area contributed by atoms with Gasteiger partial charge in [-0.3, -0.25) is 19.2 Å². The topological polar surface area (TPSA) is 92.8 Å². The number of nitrogens with one attached hydrogen (secondary N) is 1. The predicted molar refractivity (Wildman–Crippen MR) is 116 cm³/mol. The lowest BCUT2D eigenvalue weighted by Gasteiger charge is -2.19. The van der Waals surface area contributed by atoms with E-state index in [0.29, 0.717) is 24.0 Å². The Balaban J connectivity index is 1.52. The van der Waals surface area contributed by atoms with Gasteiger partial charge in [0.05, 0.1) is 23.3 Å². The van der Waals surface area contributed by atoms with Gasteiger partial charge in [0.1, 0.15) is 5.75 Å². The maximum absolute atomic E-state index is 13.0. The molecule has 2 atom stereocenters. The number of ether oxygens (including phenoxy) is 1. The third-order valence-electron chi connectivity index (χ3n) is 6.16. The molecule has 11 heteroatoms. The maximum atomic E-state index is 13.0. The number of sulfonamides is 1. The van der Waals surface area contributed by atoms with Crippen molar-refractivity contribution in [3.63, 3.8) is 0 Å². The lowest BCUT2D eigenvalue weighted by atomic mass is 9.81. The second kappa shape index (κ2) is 8.94. The molecule has 1 saturated carbocycles. The van der Waals surface area contributed by atoms with E-state index in [2.05, 4.69) is 9.46 Å². The number of rotatable bonds is 6. The molecule has 1 saturated heterocycles. The van der Waals surface area contributed by atoms with Crippen LogP contribution in [0.25, 0.3) is 0 Å². The summed E-state index contributed by atoms with van der Waals surface area (Å²) < 4.78 is 69.0. The van der Waals surface area contributed by atoms with Gasteiger partial charge in [0.15, 0.2) is 0 Å². The first-order chi connectivity index (χ1) is 15.9. The Bertz CT molecular complexity index is 1190. The van der Waals surface area contributed by atoms with E-state index >= 15 is 0 Å². The van der Waals surface area contributed by atoms with Crippen LogP contribution in [-0.2, 0) is 26.2 Å². The van der Waals surface area contributed by atoms with Crippen molar-refractivity contribution in [2.45, 2.75) is 50.4 Å². The summed E-state index contributed by atoms with van der Waals surface area (Å²) in [7, 11) is -4.10. The third kappa shape index (κ3) is 5.03. The van der Waals surface area contributed by atoms with Crippen molar-refractivity contribution in [1.29, 1.82) is 0 Å². The third-order valence-corrected chi connectivity index (χ3v) is 7.68. The summed E-state index contributed by atoms with van der Waals surface area (Å²) in [5.41, 5.74) is 0.967. The number of fused-ring (bicyclic) bond motifs is 1. The zero-order valence-electron chi connectivity index (χ0n) is 18.3. The molecular weight excluding hydrogens is 473 g/mol. The molecule has 0 aromatic heterocycles. The SMILES string of the molecule is Cc1ccc(CN2C(=O)[C@H]3CCCC[C@@H]3C2=O)cc1S(=O)(=O)Nc1ccc(OC(F)(F)F)cc1. The van der Waals surface area contributed by atoms with Gasteiger partial charge in [0.2, 0.25) is 11.8 Å². The Morgan fingerprint density at radius 1 is 1.00 bits per heavy atom. The van der Waals surface area contributed by atoms with Gasteiger partial charge in [-0.15, -0.1) is 13.2 Å². The quantitative estimate of drug-likeness (QED) is 0.600. The number of amides is 2. The molecule has 7 nitrogen and oxygen atoms in total. The standard InChI is InChI=1S/C23H23F3N2O5S/c1-14-6-7-15(13-28-21(29)18-4-2-3-5-19(18)22(28)30)12-20(14)34(31,32)27-16-8-10-17(11-9-16)33-23(24,25)26/h6-12,18-19,27H,2-5,13H2,1H3/t18-,19-/m0/s1. The number of likely N-dealkylation sites (tertiary alicyclic amines) is 1. The molecule has 1 aliphatic carbocycles. The number of anilines is 1. The van der Waals surface area contributed by atoms with Crippen LogP contribution in [0.3, 0.4) is 0 Å². The van der Waals surface area contributed by atoms with Crippen LogP contribution < -0.4 is 9.46 Å². The lowest BCUT2D eigenvalue weighted by Crippen LogP contribution is -2.30. The van der Waals surface area contributed by atoms with Crippen LogP contribution in [0.2, 0.25) is 0 Å². The molecule has 1 heterocycles. The average Bonchev–Trinajstić information content (AvgIpc) is 3.00. The van der Waals surface area contributed by atoms with Crippen molar-refractivity contribution < 1.29 is 35.9 Å². The van der Waals surface area contributed by atoms with Gasteiger partial charge in [0.25, 0.3) is 10.0 Å². The monoisotopic (exact) mass is 496 g/mol. The van der Waals surface area contributed by atoms with Crippen molar-refractivity contribution in [3.05, 3.63) is 53.6 Å². The zero-order chi connectivity index (χ0) is 24.7. The largest absolute Gasteiger partial charge is 0.573 e. The minimum absolute atomic E-state index is 0.0169. The fourth-order valence-electron chi connectivity index (χ4n) is 4.54. The maximum Gasteiger partial charge on any atom is 0.573 e. The number of benzene rings is 2. The highest BCUT2D eigenvalue weighted by Crippen LogP contribution is 2.38. The molecule has 0 spiro atoms. The van der Waals surface area contributed by atoms with E-state index in [4.69, 9.17) is 0 Å². The number of imide groups is 1. The van der Waals surface area contributed by atoms with Gasteiger partial charge in [-0.2, -0.15) is 0 Å². The van der Waals surface area contributed by atoms with Crippen LogP contribution in [0, 0.1) is 18.8 Å². The second-order valence-electron chi connectivity index (χ2n) is 8.54. The number of carbonyl (C=O) groups excluding carboxylic acids is 2. The van der Waals surface area contributed by atoms with Gasteiger partial charge >= 0.3 is 6.36 Å². The molecular formula is C23H23F3N2O5S. The second-order valence-corrected chi connectivity index (χ2v) is 10.2. The van der Waals surface area contributed by atoms with Crippen LogP contribution in [0.1, 0.15) is 36.8 Å². The van der Waals surface area contributed by atoms with Crippen molar-refractivity contribution in [2.24, 2.45) is 11.8 Å². The fourth-order valence-corrected chi connectivity index (χ4v) is 5.89. The summed E-state index contributed by atoms with van der Waals surface area (Å²) >= 11 is 0. The highest BCUT2D eigenvalue weighted by molar-refractivity contribution is 7.92. The molecule has 2 aromatic rings. The van der Waals surface area contributed by atoms with Crippen molar-refractivity contribution in [3.8, 4) is 5.75 Å². The van der Waals surface area contributed by atoms with Gasteiger partial charge in [-0.25, -0.2) is 8.42 Å². The number of hydrogen-bond donors (Lipinski definition) is 1. The summed E-state index contributed by atoms with van der Waals surface area (Å²) in [4.78, 5) is 26.7. The molecule has 1 N–H and O–H groups in total. The Labute approximate surface area is 194 Å². The molecule has 0 unspecified atom stereocenters. The number of aryl methyl sites for hydroxylation is 1. The van der Waals surface area contributed by atoms with E-state index < -0.39 is 22.1 Å². The highest BCUT2D eigenvalue weighted by atomic mass is 32.2. The van der Waals surface area contributed by atoms with Crippen molar-refractivity contribution in [1.82, 2.24) is 4.90 Å². The van der Waals surface area contributed by atoms with Gasteiger partial charge < -0.3 is 4.74 Å². The summed E-state index contributed by atoms with van der Waals surface area (Å²) in [6.07, 6.45) is -1.65. The fraction of sp³-hybridized carbons (Fsp3) is 0.391. The first-order valence-electron chi connectivity index (χ1n) is 10.8. The minimum atomic E-state index is -4.85. The molecule has 2 amide bonds. The van der Waals surface area contributed by atoms with Crippen LogP contribution in [0.15, 0.2) is 47.4 Å². The lowest BCUT2D eigenvalue weighted by molar-refractivity contribution is -0.274. The van der Waals surface area contributed by atoms with Crippen molar-refractivity contribution >= 4 is 27.5 Å². The van der Waals surface area contributed by atoms with E-state index in [9.17, 15) is 31.2 Å². The molecule has 0 radical (unpaired) electrons. The summed E-state index contributed by atoms with van der Waals surface area (Å²) in [6.45, 7) is 1.58. The number of carbonyl (C=O) groups is 2. The van der Waals surface area contributed by atoms with Crippen LogP contribution >= 0.6 is 0 Å². The van der Waals surface area contributed by atoms with Crippen molar-refractivity contribution in [2.75, 3.05) is 4.72 Å². The van der Waals surface area contributed by atoms with E-state index in [1.54, 1.807) is 19.1 Å². The van der Waals surface area contributed by atoms with Crippen LogP contribution in [0.5, 0.6) is 5.75 Å². The molecule has 34 heavy (non-hydrogen) atoms. The summed E-state index contributed by atoms with van der Waals surface area (Å²) in [6, 6.07) is 8.96. The van der Waals surface area contributed by atoms with Gasteiger partial charge in [0, 0.05) is 5.69 Å². The van der Waals surface area contributed by atoms with Gasteiger partial charge in [-0.05, 0) is 61.2 Å².